The fourth-order valence-electron chi connectivity index (χ4n) is 2.65. The number of carbonyl (C=O) groups excluding carboxylic acids is 1. The summed E-state index contributed by atoms with van der Waals surface area (Å²) in [6, 6.07) is 18.9. The van der Waals surface area contributed by atoms with Crippen molar-refractivity contribution in [2.45, 2.75) is 12.9 Å². The SMILES string of the molecule is NC(=O)c1nc(-c2ccccc2)cc(C2OCc3ccccc3O2)n1. The standard InChI is InChI=1S/C19H15N3O3/c20-17(23)18-21-14(12-6-2-1-3-7-12)10-15(22-18)19-24-11-13-8-4-5-9-16(13)25-19/h1-10,19H,11H2,(H2,20,23). The van der Waals surface area contributed by atoms with E-state index in [4.69, 9.17) is 15.2 Å². The zero-order valence-electron chi connectivity index (χ0n) is 13.3. The van der Waals surface area contributed by atoms with Gasteiger partial charge in [-0.3, -0.25) is 4.79 Å². The Morgan fingerprint density at radius 3 is 2.60 bits per heavy atom. The Hall–Kier alpha value is -3.25. The van der Waals surface area contributed by atoms with Crippen LogP contribution in [-0.4, -0.2) is 15.9 Å². The second kappa shape index (κ2) is 6.33. The second-order valence-electron chi connectivity index (χ2n) is 5.60. The first-order valence-electron chi connectivity index (χ1n) is 7.81. The second-order valence-corrected chi connectivity index (χ2v) is 5.60. The predicted molar refractivity (Wildman–Crippen MR) is 90.6 cm³/mol. The van der Waals surface area contributed by atoms with Crippen molar-refractivity contribution in [1.82, 2.24) is 9.97 Å². The number of amides is 1. The minimum atomic E-state index is -0.724. The average molecular weight is 333 g/mol. The lowest BCUT2D eigenvalue weighted by Gasteiger charge is -2.26. The first-order valence-corrected chi connectivity index (χ1v) is 7.81. The molecule has 1 aliphatic heterocycles. The van der Waals surface area contributed by atoms with E-state index in [1.807, 2.05) is 54.6 Å². The summed E-state index contributed by atoms with van der Waals surface area (Å²) in [6.45, 7) is 0.400. The smallest absolute Gasteiger partial charge is 0.286 e. The summed E-state index contributed by atoms with van der Waals surface area (Å²) in [5.41, 5.74) is 8.25. The third-order valence-corrected chi connectivity index (χ3v) is 3.87. The van der Waals surface area contributed by atoms with Crippen LogP contribution in [0.15, 0.2) is 60.7 Å². The Morgan fingerprint density at radius 2 is 1.80 bits per heavy atom. The lowest BCUT2D eigenvalue weighted by Crippen LogP contribution is -2.22. The number of carbonyl (C=O) groups is 1. The van der Waals surface area contributed by atoms with Crippen LogP contribution in [0.3, 0.4) is 0 Å². The number of rotatable bonds is 3. The van der Waals surface area contributed by atoms with Gasteiger partial charge in [-0.1, -0.05) is 48.5 Å². The number of nitrogens with zero attached hydrogens (tertiary/aromatic N) is 2. The third kappa shape index (κ3) is 3.07. The van der Waals surface area contributed by atoms with Crippen LogP contribution in [0.1, 0.15) is 28.2 Å². The van der Waals surface area contributed by atoms with Crippen molar-refractivity contribution in [2.24, 2.45) is 5.73 Å². The number of hydrogen-bond donors (Lipinski definition) is 1. The number of aromatic nitrogens is 2. The van der Waals surface area contributed by atoms with Crippen LogP contribution in [-0.2, 0) is 11.3 Å². The molecule has 6 nitrogen and oxygen atoms in total. The van der Waals surface area contributed by atoms with Gasteiger partial charge in [-0.05, 0) is 12.1 Å². The lowest BCUT2D eigenvalue weighted by atomic mass is 10.1. The number of nitrogens with two attached hydrogens (primary N) is 1. The maximum atomic E-state index is 11.6. The molecule has 25 heavy (non-hydrogen) atoms. The zero-order valence-corrected chi connectivity index (χ0v) is 13.3. The van der Waals surface area contributed by atoms with Gasteiger partial charge in [-0.15, -0.1) is 0 Å². The van der Waals surface area contributed by atoms with Gasteiger partial charge in [0.1, 0.15) is 11.4 Å². The summed E-state index contributed by atoms with van der Waals surface area (Å²) >= 11 is 0. The molecule has 0 bridgehead atoms. The molecule has 124 valence electrons. The quantitative estimate of drug-likeness (QED) is 0.796. The zero-order chi connectivity index (χ0) is 17.2. The summed E-state index contributed by atoms with van der Waals surface area (Å²) in [4.78, 5) is 20.1. The molecule has 3 aromatic rings. The molecule has 0 aliphatic carbocycles. The Kier molecular flexibility index (Phi) is 3.87. The van der Waals surface area contributed by atoms with Crippen molar-refractivity contribution in [3.05, 3.63) is 77.7 Å². The Labute approximate surface area is 144 Å². The van der Waals surface area contributed by atoms with Crippen LogP contribution in [0.5, 0.6) is 5.75 Å². The summed E-state index contributed by atoms with van der Waals surface area (Å²) in [5.74, 6) is -0.0306. The Morgan fingerprint density at radius 1 is 1.04 bits per heavy atom. The highest BCUT2D eigenvalue weighted by Gasteiger charge is 2.25. The monoisotopic (exact) mass is 333 g/mol. The van der Waals surface area contributed by atoms with Gasteiger partial charge in [0.05, 0.1) is 12.3 Å². The van der Waals surface area contributed by atoms with Crippen LogP contribution in [0.4, 0.5) is 0 Å². The van der Waals surface area contributed by atoms with Crippen LogP contribution in [0.2, 0.25) is 0 Å². The van der Waals surface area contributed by atoms with Crippen molar-refractivity contribution in [1.29, 1.82) is 0 Å². The van der Waals surface area contributed by atoms with Crippen molar-refractivity contribution in [2.75, 3.05) is 0 Å². The third-order valence-electron chi connectivity index (χ3n) is 3.87. The van der Waals surface area contributed by atoms with Gasteiger partial charge in [0.2, 0.25) is 12.1 Å². The normalized spacial score (nSPS) is 15.9. The van der Waals surface area contributed by atoms with E-state index in [9.17, 15) is 4.79 Å². The number of fused-ring (bicyclic) bond motifs is 1. The van der Waals surface area contributed by atoms with Crippen molar-refractivity contribution < 1.29 is 14.3 Å². The van der Waals surface area contributed by atoms with E-state index < -0.39 is 12.2 Å². The maximum absolute atomic E-state index is 11.6. The van der Waals surface area contributed by atoms with Gasteiger partial charge in [0.25, 0.3) is 5.91 Å². The van der Waals surface area contributed by atoms with Gasteiger partial charge in [0.15, 0.2) is 0 Å². The van der Waals surface area contributed by atoms with Crippen LogP contribution in [0, 0.1) is 0 Å². The number of ether oxygens (including phenoxy) is 2. The van der Waals surface area contributed by atoms with Crippen LogP contribution >= 0.6 is 0 Å². The van der Waals surface area contributed by atoms with E-state index in [0.29, 0.717) is 18.0 Å². The van der Waals surface area contributed by atoms with Gasteiger partial charge in [-0.25, -0.2) is 9.97 Å². The maximum Gasteiger partial charge on any atom is 0.286 e. The van der Waals surface area contributed by atoms with E-state index in [1.54, 1.807) is 6.07 Å². The van der Waals surface area contributed by atoms with E-state index in [0.717, 1.165) is 16.9 Å². The minimum Gasteiger partial charge on any atom is -0.459 e. The molecule has 0 saturated carbocycles. The molecule has 1 aliphatic rings. The minimum absolute atomic E-state index is 0.0672. The van der Waals surface area contributed by atoms with E-state index in [2.05, 4.69) is 9.97 Å². The molecule has 0 spiro atoms. The van der Waals surface area contributed by atoms with Gasteiger partial charge >= 0.3 is 0 Å². The molecule has 4 rings (SSSR count). The molecule has 1 amide bonds. The molecule has 6 heteroatoms. The van der Waals surface area contributed by atoms with E-state index in [1.165, 1.54) is 0 Å². The van der Waals surface area contributed by atoms with E-state index in [-0.39, 0.29) is 5.82 Å². The first-order chi connectivity index (χ1) is 12.2. The molecule has 1 unspecified atom stereocenters. The number of benzene rings is 2. The number of para-hydroxylation sites is 1. The summed E-state index contributed by atoms with van der Waals surface area (Å²) in [5, 5.41) is 0. The highest BCUT2D eigenvalue weighted by atomic mass is 16.7. The van der Waals surface area contributed by atoms with Gasteiger partial charge < -0.3 is 15.2 Å². The molecule has 1 aromatic heterocycles. The fourth-order valence-corrected chi connectivity index (χ4v) is 2.65. The van der Waals surface area contributed by atoms with Crippen LogP contribution < -0.4 is 10.5 Å². The molecule has 2 heterocycles. The highest BCUT2D eigenvalue weighted by molar-refractivity contribution is 5.89. The summed E-state index contributed by atoms with van der Waals surface area (Å²) in [6.07, 6.45) is -0.724. The van der Waals surface area contributed by atoms with Crippen molar-refractivity contribution >= 4 is 5.91 Å². The predicted octanol–water partition coefficient (Wildman–Crippen LogP) is 2.85. The van der Waals surface area contributed by atoms with Gasteiger partial charge in [-0.2, -0.15) is 0 Å². The summed E-state index contributed by atoms with van der Waals surface area (Å²) < 4.78 is 11.6. The first kappa shape index (κ1) is 15.3. The van der Waals surface area contributed by atoms with Crippen LogP contribution in [0.25, 0.3) is 11.3 Å². The lowest BCUT2D eigenvalue weighted by molar-refractivity contribution is -0.114. The van der Waals surface area contributed by atoms with Crippen molar-refractivity contribution in [3.63, 3.8) is 0 Å². The fraction of sp³-hybridized carbons (Fsp3) is 0.105. The topological polar surface area (TPSA) is 87.3 Å². The molecule has 0 saturated heterocycles. The molecule has 0 radical (unpaired) electrons. The van der Waals surface area contributed by atoms with Gasteiger partial charge in [0, 0.05) is 11.1 Å². The van der Waals surface area contributed by atoms with Crippen molar-refractivity contribution in [3.8, 4) is 17.0 Å². The molecular formula is C19H15N3O3. The largest absolute Gasteiger partial charge is 0.459 e. The summed E-state index contributed by atoms with van der Waals surface area (Å²) in [7, 11) is 0. The molecule has 2 N–H and O–H groups in total. The molecule has 0 fully saturated rings. The average Bonchev–Trinajstić information content (AvgIpc) is 2.68. The highest BCUT2D eigenvalue weighted by Crippen LogP contribution is 2.33. The van der Waals surface area contributed by atoms with E-state index >= 15 is 0 Å². The number of primary amides is 1. The molecular weight excluding hydrogens is 318 g/mol. The molecule has 2 aromatic carbocycles. The number of hydrogen-bond acceptors (Lipinski definition) is 5. The molecule has 1 atom stereocenters. The Balaban J connectivity index is 1.75. The Bertz CT molecular complexity index is 928.